The minimum atomic E-state index is 0.664. The van der Waals surface area contributed by atoms with Crippen LogP contribution in [0.25, 0.3) is 11.3 Å². The summed E-state index contributed by atoms with van der Waals surface area (Å²) in [6.45, 7) is 2.74. The third-order valence-corrected chi connectivity index (χ3v) is 3.84. The smallest absolute Gasteiger partial charge is 0.122 e. The van der Waals surface area contributed by atoms with Crippen LogP contribution < -0.4 is 5.73 Å². The van der Waals surface area contributed by atoms with Crippen molar-refractivity contribution in [3.63, 3.8) is 0 Å². The summed E-state index contributed by atoms with van der Waals surface area (Å²) in [4.78, 5) is 0. The molecule has 21 heavy (non-hydrogen) atoms. The molecule has 3 nitrogen and oxygen atoms in total. The van der Waals surface area contributed by atoms with Crippen molar-refractivity contribution in [3.8, 4) is 11.3 Å². The molecule has 0 aliphatic rings. The summed E-state index contributed by atoms with van der Waals surface area (Å²) < 4.78 is 2.89. The second-order valence-electron chi connectivity index (χ2n) is 5.11. The Morgan fingerprint density at radius 1 is 1.10 bits per heavy atom. The fourth-order valence-electron chi connectivity index (χ4n) is 2.31. The largest absolute Gasteiger partial charge is 0.384 e. The number of aryl methyl sites for hydroxylation is 1. The lowest BCUT2D eigenvalue weighted by Crippen LogP contribution is -2.05. The zero-order valence-electron chi connectivity index (χ0n) is 11.8. The molecule has 0 fully saturated rings. The molecule has 0 radical (unpaired) electrons. The van der Waals surface area contributed by atoms with Crippen molar-refractivity contribution in [2.24, 2.45) is 0 Å². The molecule has 0 aliphatic heterocycles. The van der Waals surface area contributed by atoms with E-state index in [2.05, 4.69) is 58.3 Å². The average molecular weight is 342 g/mol. The Kier molecular flexibility index (Phi) is 3.80. The highest BCUT2D eigenvalue weighted by molar-refractivity contribution is 9.10. The average Bonchev–Trinajstić information content (AvgIpc) is 2.80. The van der Waals surface area contributed by atoms with Gasteiger partial charge < -0.3 is 5.73 Å². The van der Waals surface area contributed by atoms with Gasteiger partial charge >= 0.3 is 0 Å². The molecule has 0 atom stereocenters. The number of halogens is 1. The molecule has 3 rings (SSSR count). The molecule has 0 amide bonds. The Morgan fingerprint density at radius 2 is 1.90 bits per heavy atom. The van der Waals surface area contributed by atoms with Gasteiger partial charge in [-0.25, -0.2) is 4.68 Å². The van der Waals surface area contributed by atoms with E-state index in [1.807, 2.05) is 28.9 Å². The molecule has 0 spiro atoms. The number of benzene rings is 2. The predicted molar refractivity (Wildman–Crippen MR) is 90.1 cm³/mol. The first-order chi connectivity index (χ1) is 10.1. The van der Waals surface area contributed by atoms with Gasteiger partial charge in [0.1, 0.15) is 5.82 Å². The molecule has 0 saturated carbocycles. The van der Waals surface area contributed by atoms with E-state index < -0.39 is 0 Å². The zero-order chi connectivity index (χ0) is 14.8. The highest BCUT2D eigenvalue weighted by Gasteiger charge is 2.08. The Bertz CT molecular complexity index is 777. The van der Waals surface area contributed by atoms with Gasteiger partial charge in [-0.3, -0.25) is 0 Å². The van der Waals surface area contributed by atoms with E-state index in [4.69, 9.17) is 5.73 Å². The molecular formula is C17H16BrN3. The lowest BCUT2D eigenvalue weighted by atomic mass is 10.1. The van der Waals surface area contributed by atoms with E-state index in [0.29, 0.717) is 12.4 Å². The minimum Gasteiger partial charge on any atom is -0.384 e. The van der Waals surface area contributed by atoms with Crippen molar-refractivity contribution in [2.45, 2.75) is 13.5 Å². The summed E-state index contributed by atoms with van der Waals surface area (Å²) in [5, 5.41) is 4.62. The van der Waals surface area contributed by atoms with Gasteiger partial charge in [-0.2, -0.15) is 5.10 Å². The van der Waals surface area contributed by atoms with Gasteiger partial charge in [-0.1, -0.05) is 51.8 Å². The summed E-state index contributed by atoms with van der Waals surface area (Å²) in [6.07, 6.45) is 0. The normalized spacial score (nSPS) is 10.8. The number of hydrogen-bond acceptors (Lipinski definition) is 2. The van der Waals surface area contributed by atoms with Crippen molar-refractivity contribution in [2.75, 3.05) is 5.73 Å². The quantitative estimate of drug-likeness (QED) is 0.773. The molecule has 0 aliphatic carbocycles. The summed E-state index contributed by atoms with van der Waals surface area (Å²) in [7, 11) is 0. The van der Waals surface area contributed by atoms with Gasteiger partial charge in [0.25, 0.3) is 0 Å². The molecule has 3 aromatic rings. The molecule has 1 aromatic heterocycles. The van der Waals surface area contributed by atoms with Crippen LogP contribution >= 0.6 is 15.9 Å². The number of anilines is 1. The van der Waals surface area contributed by atoms with Gasteiger partial charge in [0.15, 0.2) is 0 Å². The Hall–Kier alpha value is -2.07. The minimum absolute atomic E-state index is 0.664. The predicted octanol–water partition coefficient (Wildman–Crippen LogP) is 4.25. The molecule has 0 bridgehead atoms. The van der Waals surface area contributed by atoms with Crippen LogP contribution in [0.3, 0.4) is 0 Å². The Labute approximate surface area is 132 Å². The topological polar surface area (TPSA) is 43.8 Å². The van der Waals surface area contributed by atoms with Crippen LogP contribution in [0.4, 0.5) is 5.82 Å². The van der Waals surface area contributed by atoms with Crippen molar-refractivity contribution in [3.05, 3.63) is 70.2 Å². The molecule has 1 heterocycles. The lowest BCUT2D eigenvalue weighted by molar-refractivity contribution is 0.699. The fraction of sp³-hybridized carbons (Fsp3) is 0.118. The first kappa shape index (κ1) is 13.9. The van der Waals surface area contributed by atoms with Crippen LogP contribution in [0, 0.1) is 6.92 Å². The Morgan fingerprint density at radius 3 is 2.67 bits per heavy atom. The second-order valence-corrected chi connectivity index (χ2v) is 6.03. The van der Waals surface area contributed by atoms with Crippen LogP contribution in [0.1, 0.15) is 11.1 Å². The van der Waals surface area contributed by atoms with Gasteiger partial charge in [0.2, 0.25) is 0 Å². The maximum absolute atomic E-state index is 6.09. The standard InChI is InChI=1S/C17H16BrN3/c1-12-4-2-6-14(8-12)16-10-17(19)21(20-16)11-13-5-3-7-15(18)9-13/h2-10H,11,19H2,1H3. The van der Waals surface area contributed by atoms with Crippen molar-refractivity contribution in [1.29, 1.82) is 0 Å². The van der Waals surface area contributed by atoms with E-state index in [0.717, 1.165) is 21.3 Å². The molecule has 2 aromatic carbocycles. The van der Waals surface area contributed by atoms with E-state index in [1.165, 1.54) is 5.56 Å². The molecule has 2 N–H and O–H groups in total. The maximum Gasteiger partial charge on any atom is 0.122 e. The molecule has 4 heteroatoms. The monoisotopic (exact) mass is 341 g/mol. The zero-order valence-corrected chi connectivity index (χ0v) is 13.3. The van der Waals surface area contributed by atoms with E-state index in [1.54, 1.807) is 0 Å². The van der Waals surface area contributed by atoms with Crippen molar-refractivity contribution >= 4 is 21.7 Å². The second kappa shape index (κ2) is 5.74. The molecule has 0 saturated heterocycles. The molecular weight excluding hydrogens is 326 g/mol. The first-order valence-corrected chi connectivity index (χ1v) is 7.56. The number of nitrogens with two attached hydrogens (primary N) is 1. The van der Waals surface area contributed by atoms with Gasteiger partial charge in [0, 0.05) is 16.1 Å². The highest BCUT2D eigenvalue weighted by atomic mass is 79.9. The van der Waals surface area contributed by atoms with Crippen molar-refractivity contribution < 1.29 is 0 Å². The third kappa shape index (κ3) is 3.16. The van der Waals surface area contributed by atoms with E-state index >= 15 is 0 Å². The summed E-state index contributed by atoms with van der Waals surface area (Å²) in [5.41, 5.74) is 10.5. The maximum atomic E-state index is 6.09. The van der Waals surface area contributed by atoms with Crippen molar-refractivity contribution in [1.82, 2.24) is 9.78 Å². The summed E-state index contributed by atoms with van der Waals surface area (Å²) >= 11 is 3.48. The number of aromatic nitrogens is 2. The summed E-state index contributed by atoms with van der Waals surface area (Å²) in [6, 6.07) is 18.4. The van der Waals surface area contributed by atoms with E-state index in [9.17, 15) is 0 Å². The van der Waals surface area contributed by atoms with Crippen LogP contribution in [0.5, 0.6) is 0 Å². The van der Waals surface area contributed by atoms with Gasteiger partial charge in [-0.15, -0.1) is 0 Å². The first-order valence-electron chi connectivity index (χ1n) is 6.76. The highest BCUT2D eigenvalue weighted by Crippen LogP contribution is 2.22. The molecule has 0 unspecified atom stereocenters. The lowest BCUT2D eigenvalue weighted by Gasteiger charge is -2.04. The van der Waals surface area contributed by atoms with Crippen LogP contribution in [0.15, 0.2) is 59.1 Å². The van der Waals surface area contributed by atoms with Crippen LogP contribution in [-0.4, -0.2) is 9.78 Å². The number of hydrogen-bond donors (Lipinski definition) is 1. The Balaban J connectivity index is 1.91. The fourth-order valence-corrected chi connectivity index (χ4v) is 2.76. The third-order valence-electron chi connectivity index (χ3n) is 3.35. The van der Waals surface area contributed by atoms with Gasteiger partial charge in [0.05, 0.1) is 12.2 Å². The number of nitrogens with zero attached hydrogens (tertiary/aromatic N) is 2. The number of nitrogen functional groups attached to an aromatic ring is 1. The van der Waals surface area contributed by atoms with Crippen LogP contribution in [0.2, 0.25) is 0 Å². The molecule has 106 valence electrons. The SMILES string of the molecule is Cc1cccc(-c2cc(N)n(Cc3cccc(Br)c3)n2)c1. The van der Waals surface area contributed by atoms with E-state index in [-0.39, 0.29) is 0 Å². The van der Waals surface area contributed by atoms with Crippen LogP contribution in [-0.2, 0) is 6.54 Å². The van der Waals surface area contributed by atoms with Gasteiger partial charge in [-0.05, 0) is 30.7 Å². The summed E-state index contributed by atoms with van der Waals surface area (Å²) in [5.74, 6) is 0.673. The number of rotatable bonds is 3.